The topological polar surface area (TPSA) is 74.6 Å². The van der Waals surface area contributed by atoms with Crippen molar-refractivity contribution in [1.82, 2.24) is 0 Å². The van der Waals surface area contributed by atoms with E-state index in [0.29, 0.717) is 6.42 Å². The van der Waals surface area contributed by atoms with E-state index in [2.05, 4.69) is 13.0 Å². The van der Waals surface area contributed by atoms with Crippen LogP contribution in [0.25, 0.3) is 0 Å². The predicted molar refractivity (Wildman–Crippen MR) is 63.5 cm³/mol. The SMILES string of the molecule is CCC(=O)O.CCCCC=CCCC(=O)O. The van der Waals surface area contributed by atoms with E-state index in [1.165, 1.54) is 12.8 Å². The molecule has 0 aromatic rings. The van der Waals surface area contributed by atoms with Crippen LogP contribution in [0.4, 0.5) is 0 Å². The van der Waals surface area contributed by atoms with E-state index in [1.54, 1.807) is 6.92 Å². The number of allylic oxidation sites excluding steroid dienone is 2. The summed E-state index contributed by atoms with van der Waals surface area (Å²) in [6.45, 7) is 3.74. The molecule has 0 bridgehead atoms. The van der Waals surface area contributed by atoms with Crippen LogP contribution in [0.1, 0.15) is 52.4 Å². The smallest absolute Gasteiger partial charge is 0.303 e. The molecule has 4 heteroatoms. The molecule has 16 heavy (non-hydrogen) atoms. The summed E-state index contributed by atoms with van der Waals surface area (Å²) in [7, 11) is 0. The monoisotopic (exact) mass is 230 g/mol. The molecule has 0 amide bonds. The Morgan fingerprint density at radius 1 is 1.00 bits per heavy atom. The first-order valence-electron chi connectivity index (χ1n) is 5.63. The summed E-state index contributed by atoms with van der Waals surface area (Å²) >= 11 is 0. The molecular formula is C12H22O4. The number of aliphatic carboxylic acids is 2. The fourth-order valence-electron chi connectivity index (χ4n) is 0.764. The Bertz CT molecular complexity index is 209. The molecule has 0 aromatic carbocycles. The summed E-state index contributed by atoms with van der Waals surface area (Å²) in [4.78, 5) is 19.4. The molecule has 0 saturated heterocycles. The molecule has 0 saturated carbocycles. The van der Waals surface area contributed by atoms with Crippen molar-refractivity contribution in [2.75, 3.05) is 0 Å². The van der Waals surface area contributed by atoms with Crippen LogP contribution in [0.3, 0.4) is 0 Å². The maximum Gasteiger partial charge on any atom is 0.303 e. The van der Waals surface area contributed by atoms with Crippen LogP contribution < -0.4 is 0 Å². The van der Waals surface area contributed by atoms with Gasteiger partial charge in [0.15, 0.2) is 0 Å². The third-order valence-corrected chi connectivity index (χ3v) is 1.72. The quantitative estimate of drug-likeness (QED) is 0.520. The van der Waals surface area contributed by atoms with E-state index in [4.69, 9.17) is 10.2 Å². The molecule has 0 aliphatic heterocycles. The lowest BCUT2D eigenvalue weighted by molar-refractivity contribution is -0.137. The predicted octanol–water partition coefficient (Wildman–Crippen LogP) is 3.08. The minimum absolute atomic E-state index is 0.222. The number of carboxylic acids is 2. The fourth-order valence-corrected chi connectivity index (χ4v) is 0.764. The molecule has 0 atom stereocenters. The highest BCUT2D eigenvalue weighted by molar-refractivity contribution is 5.66. The molecule has 0 aliphatic rings. The van der Waals surface area contributed by atoms with E-state index < -0.39 is 11.9 Å². The molecule has 0 radical (unpaired) electrons. The zero-order valence-corrected chi connectivity index (χ0v) is 10.1. The number of hydrogen-bond acceptors (Lipinski definition) is 2. The van der Waals surface area contributed by atoms with Crippen molar-refractivity contribution in [3.05, 3.63) is 12.2 Å². The molecule has 0 fully saturated rings. The van der Waals surface area contributed by atoms with Gasteiger partial charge in [0.1, 0.15) is 0 Å². The third kappa shape index (κ3) is 23.0. The maximum absolute atomic E-state index is 10.1. The lowest BCUT2D eigenvalue weighted by Gasteiger charge is -1.88. The Morgan fingerprint density at radius 3 is 1.88 bits per heavy atom. The van der Waals surface area contributed by atoms with Crippen LogP contribution in [-0.4, -0.2) is 22.2 Å². The van der Waals surface area contributed by atoms with Gasteiger partial charge in [0.25, 0.3) is 0 Å². The maximum atomic E-state index is 10.1. The third-order valence-electron chi connectivity index (χ3n) is 1.72. The lowest BCUT2D eigenvalue weighted by Crippen LogP contribution is -1.91. The van der Waals surface area contributed by atoms with Crippen LogP contribution >= 0.6 is 0 Å². The van der Waals surface area contributed by atoms with E-state index in [1.807, 2.05) is 6.08 Å². The summed E-state index contributed by atoms with van der Waals surface area (Å²) in [5.41, 5.74) is 0. The molecule has 0 spiro atoms. The van der Waals surface area contributed by atoms with Crippen molar-refractivity contribution in [3.8, 4) is 0 Å². The summed E-state index contributed by atoms with van der Waals surface area (Å²) in [6, 6.07) is 0. The van der Waals surface area contributed by atoms with E-state index >= 15 is 0 Å². The normalized spacial score (nSPS) is 9.62. The fraction of sp³-hybridized carbons (Fsp3) is 0.667. The van der Waals surface area contributed by atoms with Gasteiger partial charge in [0.05, 0.1) is 0 Å². The van der Waals surface area contributed by atoms with Gasteiger partial charge in [0.2, 0.25) is 0 Å². The average Bonchev–Trinajstić information content (AvgIpc) is 2.23. The molecule has 4 nitrogen and oxygen atoms in total. The second-order valence-electron chi connectivity index (χ2n) is 3.29. The van der Waals surface area contributed by atoms with Gasteiger partial charge in [-0.1, -0.05) is 38.8 Å². The zero-order chi connectivity index (χ0) is 12.8. The summed E-state index contributed by atoms with van der Waals surface area (Å²) in [5, 5.41) is 16.0. The standard InChI is InChI=1S/C9H16O2.C3H6O2/c1-2-3-4-5-6-7-8-9(10)11;1-2-3(4)5/h5-6H,2-4,7-8H2,1H3,(H,10,11);2H2,1H3,(H,4,5). The first kappa shape index (κ1) is 17.1. The van der Waals surface area contributed by atoms with Gasteiger partial charge >= 0.3 is 11.9 Å². The minimum Gasteiger partial charge on any atom is -0.481 e. The van der Waals surface area contributed by atoms with Crippen molar-refractivity contribution in [3.63, 3.8) is 0 Å². The first-order chi connectivity index (χ1) is 7.54. The Balaban J connectivity index is 0. The summed E-state index contributed by atoms with van der Waals surface area (Å²) in [6.07, 6.45) is 8.63. The highest BCUT2D eigenvalue weighted by atomic mass is 16.4. The van der Waals surface area contributed by atoms with Crippen molar-refractivity contribution in [2.45, 2.75) is 52.4 Å². The van der Waals surface area contributed by atoms with Crippen LogP contribution in [0.2, 0.25) is 0 Å². The van der Waals surface area contributed by atoms with Gasteiger partial charge in [-0.05, 0) is 12.8 Å². The van der Waals surface area contributed by atoms with Crippen LogP contribution in [0, 0.1) is 0 Å². The first-order valence-corrected chi connectivity index (χ1v) is 5.63. The number of rotatable bonds is 7. The Kier molecular flexibility index (Phi) is 14.6. The van der Waals surface area contributed by atoms with Crippen molar-refractivity contribution in [1.29, 1.82) is 0 Å². The Morgan fingerprint density at radius 2 is 1.50 bits per heavy atom. The second kappa shape index (κ2) is 13.7. The zero-order valence-electron chi connectivity index (χ0n) is 10.1. The summed E-state index contributed by atoms with van der Waals surface area (Å²) in [5.74, 6) is -1.46. The number of hydrogen-bond donors (Lipinski definition) is 2. The Hall–Kier alpha value is -1.32. The van der Waals surface area contributed by atoms with E-state index in [-0.39, 0.29) is 12.8 Å². The molecule has 2 N–H and O–H groups in total. The average molecular weight is 230 g/mol. The molecule has 94 valence electrons. The van der Waals surface area contributed by atoms with Gasteiger partial charge in [0, 0.05) is 12.8 Å². The molecule has 0 heterocycles. The highest BCUT2D eigenvalue weighted by Gasteiger charge is 1.90. The van der Waals surface area contributed by atoms with Gasteiger partial charge < -0.3 is 10.2 Å². The molecular weight excluding hydrogens is 208 g/mol. The number of carbonyl (C=O) groups is 2. The lowest BCUT2D eigenvalue weighted by atomic mass is 10.2. The van der Waals surface area contributed by atoms with Crippen LogP contribution in [-0.2, 0) is 9.59 Å². The van der Waals surface area contributed by atoms with Crippen LogP contribution in [0.5, 0.6) is 0 Å². The largest absolute Gasteiger partial charge is 0.481 e. The van der Waals surface area contributed by atoms with E-state index in [0.717, 1.165) is 6.42 Å². The van der Waals surface area contributed by atoms with Crippen molar-refractivity contribution < 1.29 is 19.8 Å². The van der Waals surface area contributed by atoms with Crippen molar-refractivity contribution >= 4 is 11.9 Å². The van der Waals surface area contributed by atoms with Gasteiger partial charge in [-0.2, -0.15) is 0 Å². The van der Waals surface area contributed by atoms with Gasteiger partial charge in [-0.15, -0.1) is 0 Å². The highest BCUT2D eigenvalue weighted by Crippen LogP contribution is 1.97. The summed E-state index contributed by atoms with van der Waals surface area (Å²) < 4.78 is 0. The molecule has 0 rings (SSSR count). The minimum atomic E-state index is -0.745. The van der Waals surface area contributed by atoms with Gasteiger partial charge in [-0.3, -0.25) is 9.59 Å². The number of unbranched alkanes of at least 4 members (excludes halogenated alkanes) is 2. The number of carboxylic acid groups (broad SMARTS) is 2. The van der Waals surface area contributed by atoms with Crippen LogP contribution in [0.15, 0.2) is 12.2 Å². The molecule has 0 aromatic heterocycles. The molecule has 0 aliphatic carbocycles. The second-order valence-corrected chi connectivity index (χ2v) is 3.29. The van der Waals surface area contributed by atoms with Crippen molar-refractivity contribution in [2.24, 2.45) is 0 Å². The van der Waals surface area contributed by atoms with Gasteiger partial charge in [-0.25, -0.2) is 0 Å². The van der Waals surface area contributed by atoms with E-state index in [9.17, 15) is 9.59 Å². The Labute approximate surface area is 97.0 Å². The molecule has 0 unspecified atom stereocenters.